The van der Waals surface area contributed by atoms with Crippen molar-refractivity contribution in [1.29, 1.82) is 0 Å². The van der Waals surface area contributed by atoms with Crippen LogP contribution in [0.25, 0.3) is 21.9 Å². The molecule has 0 atom stereocenters. The average molecular weight is 418 g/mol. The van der Waals surface area contributed by atoms with Gasteiger partial charge in [0.2, 0.25) is 0 Å². The molecule has 0 spiro atoms. The maximum Gasteiger partial charge on any atom is 0.437 e. The first-order valence-corrected chi connectivity index (χ1v) is 9.78. The molecule has 0 bridgehead atoms. The number of ether oxygens (including phenoxy) is 1. The Hall–Kier alpha value is -3.16. The number of alkyl halides is 3. The van der Waals surface area contributed by atoms with Crippen molar-refractivity contribution >= 4 is 21.9 Å². The molecule has 30 heavy (non-hydrogen) atoms. The molecule has 2 heterocycles. The van der Waals surface area contributed by atoms with Gasteiger partial charge in [-0.3, -0.25) is 0 Å². The molecule has 2 aromatic carbocycles. The lowest BCUT2D eigenvalue weighted by Crippen LogP contribution is -2.06. The number of phenolic OH excluding ortho intramolecular Hbond substituents is 1. The molecule has 0 unspecified atom stereocenters. The van der Waals surface area contributed by atoms with E-state index < -0.39 is 11.9 Å². The number of rotatable bonds is 7. The van der Waals surface area contributed by atoms with E-state index in [4.69, 9.17) is 9.26 Å². The van der Waals surface area contributed by atoms with Gasteiger partial charge in [0.25, 0.3) is 0 Å². The molecule has 0 amide bonds. The highest BCUT2D eigenvalue weighted by atomic mass is 19.4. The minimum Gasteiger partial charge on any atom is -0.507 e. The average Bonchev–Trinajstić information content (AvgIpc) is 3.31. The second kappa shape index (κ2) is 7.93. The van der Waals surface area contributed by atoms with Crippen LogP contribution in [0.2, 0.25) is 0 Å². The third-order valence-electron chi connectivity index (χ3n) is 5.06. The fraction of sp³-hybridized carbons (Fsp3) is 0.318. The lowest BCUT2D eigenvalue weighted by atomic mass is 10.0. The molecule has 0 radical (unpaired) electrons. The van der Waals surface area contributed by atoms with Crippen LogP contribution in [0.5, 0.6) is 11.5 Å². The number of benzene rings is 2. The molecule has 4 aromatic rings. The summed E-state index contributed by atoms with van der Waals surface area (Å²) in [6, 6.07) is 10.2. The Morgan fingerprint density at radius 2 is 1.97 bits per heavy atom. The molecular weight excluding hydrogens is 397 g/mol. The SMILES string of the molecule is CCCc1c(OCCCn2ccc3c(O)cccc32)ccc2c(C(F)(F)F)noc12. The topological polar surface area (TPSA) is 60.4 Å². The summed E-state index contributed by atoms with van der Waals surface area (Å²) in [6.45, 7) is 3.01. The van der Waals surface area contributed by atoms with Gasteiger partial charge in [-0.05, 0) is 43.2 Å². The molecule has 1 N–H and O–H groups in total. The van der Waals surface area contributed by atoms with Crippen molar-refractivity contribution in [1.82, 2.24) is 9.72 Å². The van der Waals surface area contributed by atoms with E-state index in [1.807, 2.05) is 29.8 Å². The summed E-state index contributed by atoms with van der Waals surface area (Å²) in [4.78, 5) is 0. The molecule has 0 saturated carbocycles. The lowest BCUT2D eigenvalue weighted by molar-refractivity contribution is -0.141. The Morgan fingerprint density at radius 1 is 1.13 bits per heavy atom. The number of aromatic nitrogens is 2. The second-order valence-corrected chi connectivity index (χ2v) is 7.12. The van der Waals surface area contributed by atoms with Crippen LogP contribution in [0.15, 0.2) is 47.1 Å². The van der Waals surface area contributed by atoms with Gasteiger partial charge in [-0.1, -0.05) is 24.6 Å². The highest BCUT2D eigenvalue weighted by Crippen LogP contribution is 2.38. The molecule has 5 nitrogen and oxygen atoms in total. The van der Waals surface area contributed by atoms with Crippen LogP contribution in [0.4, 0.5) is 13.2 Å². The number of phenols is 1. The molecule has 0 saturated heterocycles. The van der Waals surface area contributed by atoms with Crippen LogP contribution in [0.3, 0.4) is 0 Å². The first kappa shape index (κ1) is 20.1. The highest BCUT2D eigenvalue weighted by Gasteiger charge is 2.37. The van der Waals surface area contributed by atoms with E-state index in [2.05, 4.69) is 5.16 Å². The highest BCUT2D eigenvalue weighted by molar-refractivity contribution is 5.86. The van der Waals surface area contributed by atoms with Crippen LogP contribution in [0, 0.1) is 0 Å². The first-order chi connectivity index (χ1) is 14.4. The normalized spacial score (nSPS) is 12.1. The van der Waals surface area contributed by atoms with Crippen molar-refractivity contribution in [2.45, 2.75) is 38.9 Å². The number of hydrogen-bond acceptors (Lipinski definition) is 4. The third kappa shape index (κ3) is 3.69. The first-order valence-electron chi connectivity index (χ1n) is 9.78. The van der Waals surface area contributed by atoms with Crippen molar-refractivity contribution in [3.8, 4) is 11.5 Å². The van der Waals surface area contributed by atoms with E-state index >= 15 is 0 Å². The van der Waals surface area contributed by atoms with Gasteiger partial charge in [-0.15, -0.1) is 0 Å². The van der Waals surface area contributed by atoms with Gasteiger partial charge in [0.1, 0.15) is 11.5 Å². The van der Waals surface area contributed by atoms with Gasteiger partial charge in [0.05, 0.1) is 17.5 Å². The molecular formula is C22H21F3N2O3. The zero-order valence-corrected chi connectivity index (χ0v) is 16.4. The second-order valence-electron chi connectivity index (χ2n) is 7.12. The van der Waals surface area contributed by atoms with Gasteiger partial charge in [0.15, 0.2) is 11.3 Å². The Kier molecular flexibility index (Phi) is 5.32. The standard InChI is InChI=1S/C22H21F3N2O3/c1-2-5-15-19(9-8-16-20(15)30-26-21(16)22(23,24)25)29-13-4-11-27-12-10-14-17(27)6-3-7-18(14)28/h3,6-10,12,28H,2,4-5,11,13H2,1H3. The lowest BCUT2D eigenvalue weighted by Gasteiger charge is -2.12. The number of nitrogens with zero attached hydrogens (tertiary/aromatic N) is 2. The van der Waals surface area contributed by atoms with Crippen LogP contribution in [-0.2, 0) is 19.1 Å². The molecule has 158 valence electrons. The predicted octanol–water partition coefficient (Wildman–Crippen LogP) is 5.93. The summed E-state index contributed by atoms with van der Waals surface area (Å²) >= 11 is 0. The maximum atomic E-state index is 13.1. The third-order valence-corrected chi connectivity index (χ3v) is 5.06. The zero-order chi connectivity index (χ0) is 21.3. The monoisotopic (exact) mass is 418 g/mol. The van der Waals surface area contributed by atoms with E-state index in [0.717, 1.165) is 17.3 Å². The van der Waals surface area contributed by atoms with Crippen LogP contribution < -0.4 is 4.74 Å². The van der Waals surface area contributed by atoms with E-state index in [0.29, 0.717) is 37.3 Å². The Labute approximate surface area is 170 Å². The number of aromatic hydroxyl groups is 1. The van der Waals surface area contributed by atoms with Gasteiger partial charge in [-0.2, -0.15) is 13.2 Å². The van der Waals surface area contributed by atoms with E-state index in [-0.39, 0.29) is 16.7 Å². The van der Waals surface area contributed by atoms with E-state index in [1.165, 1.54) is 6.07 Å². The molecule has 0 aliphatic heterocycles. The van der Waals surface area contributed by atoms with Crippen molar-refractivity contribution in [2.24, 2.45) is 0 Å². The summed E-state index contributed by atoms with van der Waals surface area (Å²) in [5.74, 6) is 0.759. The summed E-state index contributed by atoms with van der Waals surface area (Å²) in [7, 11) is 0. The summed E-state index contributed by atoms with van der Waals surface area (Å²) in [6.07, 6.45) is -0.707. The van der Waals surface area contributed by atoms with Crippen molar-refractivity contribution < 1.29 is 27.5 Å². The predicted molar refractivity (Wildman–Crippen MR) is 107 cm³/mol. The minimum atomic E-state index is -4.56. The van der Waals surface area contributed by atoms with Crippen LogP contribution >= 0.6 is 0 Å². The van der Waals surface area contributed by atoms with Gasteiger partial charge >= 0.3 is 6.18 Å². The van der Waals surface area contributed by atoms with Crippen LogP contribution in [-0.4, -0.2) is 21.4 Å². The Balaban J connectivity index is 1.49. The van der Waals surface area contributed by atoms with Gasteiger partial charge < -0.3 is 18.9 Å². The summed E-state index contributed by atoms with van der Waals surface area (Å²) < 4.78 is 52.3. The van der Waals surface area contributed by atoms with Crippen molar-refractivity contribution in [3.63, 3.8) is 0 Å². The van der Waals surface area contributed by atoms with E-state index in [1.54, 1.807) is 18.2 Å². The molecule has 0 aliphatic carbocycles. The number of fused-ring (bicyclic) bond motifs is 2. The molecule has 4 rings (SSSR count). The quantitative estimate of drug-likeness (QED) is 0.378. The molecule has 8 heteroatoms. The summed E-state index contributed by atoms with van der Waals surface area (Å²) in [5.41, 5.74) is 0.663. The molecule has 0 aliphatic rings. The maximum absolute atomic E-state index is 13.1. The number of hydrogen-bond donors (Lipinski definition) is 1. The van der Waals surface area contributed by atoms with Crippen LogP contribution in [0.1, 0.15) is 31.0 Å². The van der Waals surface area contributed by atoms with Gasteiger partial charge in [-0.25, -0.2) is 0 Å². The molecule has 2 aromatic heterocycles. The van der Waals surface area contributed by atoms with Crippen molar-refractivity contribution in [3.05, 3.63) is 53.9 Å². The Morgan fingerprint density at radius 3 is 2.73 bits per heavy atom. The summed E-state index contributed by atoms with van der Waals surface area (Å²) in [5, 5.41) is 13.9. The fourth-order valence-corrected chi connectivity index (χ4v) is 3.69. The van der Waals surface area contributed by atoms with Gasteiger partial charge in [0, 0.05) is 23.7 Å². The number of aryl methyl sites for hydroxylation is 2. The number of halogens is 3. The van der Waals surface area contributed by atoms with Crippen molar-refractivity contribution in [2.75, 3.05) is 6.61 Å². The van der Waals surface area contributed by atoms with E-state index in [9.17, 15) is 18.3 Å². The smallest absolute Gasteiger partial charge is 0.437 e. The fourth-order valence-electron chi connectivity index (χ4n) is 3.69. The molecule has 0 fully saturated rings. The zero-order valence-electron chi connectivity index (χ0n) is 16.4. The Bertz CT molecular complexity index is 1180. The largest absolute Gasteiger partial charge is 0.507 e. The minimum absolute atomic E-state index is 0.0445.